The number of fused-ring (bicyclic) bond motifs is 1. The Balaban J connectivity index is 0.00000117. The molecule has 1 aliphatic carbocycles. The molecule has 0 fully saturated rings. The smallest absolute Gasteiger partial charge is 0.280 e. The summed E-state index contributed by atoms with van der Waals surface area (Å²) in [5, 5.41) is 3.03. The molecule has 144 valence electrons. The number of ether oxygens (including phenoxy) is 1. The van der Waals surface area contributed by atoms with Crippen LogP contribution in [-0.4, -0.2) is 50.6 Å². The average molecular weight is 387 g/mol. The van der Waals surface area contributed by atoms with E-state index in [2.05, 4.69) is 32.0 Å². The van der Waals surface area contributed by atoms with Crippen LogP contribution in [0.4, 0.5) is 5.95 Å². The first-order valence-corrected chi connectivity index (χ1v) is 10.0. The highest BCUT2D eigenvalue weighted by Gasteiger charge is 2.30. The van der Waals surface area contributed by atoms with E-state index in [1.807, 2.05) is 6.08 Å². The van der Waals surface area contributed by atoms with Gasteiger partial charge in [0, 0.05) is 25.8 Å². The maximum absolute atomic E-state index is 11.9. The van der Waals surface area contributed by atoms with E-state index < -0.39 is 12.9 Å². The van der Waals surface area contributed by atoms with Gasteiger partial charge in [-0.3, -0.25) is 20.2 Å². The van der Waals surface area contributed by atoms with E-state index in [4.69, 9.17) is 10.5 Å². The van der Waals surface area contributed by atoms with Crippen molar-refractivity contribution in [1.29, 1.82) is 0 Å². The number of nitrogens with one attached hydrogen (secondary N) is 2. The fraction of sp³-hybridized carbons (Fsp3) is 0.462. The molecular weight excluding hydrogens is 363 g/mol. The van der Waals surface area contributed by atoms with Gasteiger partial charge in [0.25, 0.3) is 5.56 Å². The van der Waals surface area contributed by atoms with Crippen molar-refractivity contribution < 1.29 is 20.0 Å². The van der Waals surface area contributed by atoms with E-state index >= 15 is 0 Å². The summed E-state index contributed by atoms with van der Waals surface area (Å²) in [4.78, 5) is 31.9. The lowest BCUT2D eigenvalue weighted by molar-refractivity contribution is -0.379. The van der Waals surface area contributed by atoms with Gasteiger partial charge in [-0.2, -0.15) is 10.8 Å². The molecule has 0 amide bonds. The number of allylic oxidation sites excluding steroid dienone is 1. The van der Waals surface area contributed by atoms with Crippen LogP contribution in [0, 0.1) is 0 Å². The Morgan fingerprint density at radius 2 is 2.27 bits per heavy atom. The topological polar surface area (TPSA) is 202 Å². The van der Waals surface area contributed by atoms with Crippen LogP contribution < -0.4 is 28.3 Å². The molecule has 1 aliphatic rings. The van der Waals surface area contributed by atoms with Crippen LogP contribution in [0.3, 0.4) is 0 Å². The summed E-state index contributed by atoms with van der Waals surface area (Å²) in [6.45, 7) is 1.25. The minimum absolute atomic E-state index is 0.0186. The van der Waals surface area contributed by atoms with Gasteiger partial charge in [0.05, 0.1) is 18.5 Å². The van der Waals surface area contributed by atoms with Crippen molar-refractivity contribution in [1.82, 2.24) is 24.8 Å². The van der Waals surface area contributed by atoms with Crippen molar-refractivity contribution in [2.45, 2.75) is 18.6 Å². The molecule has 0 bridgehead atoms. The van der Waals surface area contributed by atoms with Crippen LogP contribution in [0.25, 0.3) is 11.2 Å². The lowest BCUT2D eigenvalue weighted by Gasteiger charge is -2.18. The third-order valence-electron chi connectivity index (χ3n) is 3.79. The van der Waals surface area contributed by atoms with Crippen molar-refractivity contribution in [2.24, 2.45) is 5.84 Å². The van der Waals surface area contributed by atoms with E-state index in [1.54, 1.807) is 11.6 Å². The largest absolute Gasteiger partial charge is 0.389 e. The summed E-state index contributed by atoms with van der Waals surface area (Å²) < 4.78 is 18.7. The Morgan fingerprint density at radius 1 is 1.58 bits per heavy atom. The molecule has 2 aromatic heterocycles. The van der Waals surface area contributed by atoms with E-state index in [-0.39, 0.29) is 30.0 Å². The predicted octanol–water partition coefficient (Wildman–Crippen LogP) is -1.91. The van der Waals surface area contributed by atoms with E-state index in [1.165, 1.54) is 13.0 Å². The second kappa shape index (κ2) is 7.98. The Morgan fingerprint density at radius 3 is 2.88 bits per heavy atom. The third kappa shape index (κ3) is 4.29. The normalized spacial score (nSPS) is 21.7. The third-order valence-corrected chi connectivity index (χ3v) is 4.41. The molecule has 0 spiro atoms. The number of H-pyrrole nitrogens is 1. The van der Waals surface area contributed by atoms with Crippen LogP contribution in [0.2, 0.25) is 0 Å². The monoisotopic (exact) mass is 387 g/mol. The number of nitrogen functional groups attached to an aromatic ring is 1. The standard InChI is InChI=1S/C13H19N6O4P.H4N2/c1-15-8-3-7(4-9(8)23-6-24(2,21)22)19-5-16-10-11(19)17-13(14)18-12(10)20;1-2/h3,5,7,9,15H,4,6H2,1-2H3,(H,21,22)(H3,14,17,18,20);1-2H2/p+1. The Kier molecular flexibility index (Phi) is 6.16. The second-order valence-corrected chi connectivity index (χ2v) is 8.15. The van der Waals surface area contributed by atoms with Gasteiger partial charge in [-0.25, -0.2) is 4.98 Å². The molecule has 2 aromatic rings. The number of nitrogens with two attached hydrogens (primary N) is 2. The van der Waals surface area contributed by atoms with Gasteiger partial charge >= 0.3 is 0 Å². The minimum atomic E-state index is -3.26. The first-order chi connectivity index (χ1) is 12.3. The molecule has 2 heterocycles. The highest BCUT2D eigenvalue weighted by molar-refractivity contribution is 7.56. The van der Waals surface area contributed by atoms with E-state index in [9.17, 15) is 14.3 Å². The summed E-state index contributed by atoms with van der Waals surface area (Å²) in [6.07, 6.45) is 3.40. The number of imidazole rings is 1. The molecule has 26 heavy (non-hydrogen) atoms. The van der Waals surface area contributed by atoms with Crippen LogP contribution in [0.15, 0.2) is 22.9 Å². The second-order valence-electron chi connectivity index (χ2n) is 5.79. The van der Waals surface area contributed by atoms with Crippen molar-refractivity contribution in [3.8, 4) is 0 Å². The highest BCUT2D eigenvalue weighted by Crippen LogP contribution is 2.38. The summed E-state index contributed by atoms with van der Waals surface area (Å²) in [6, 6.07) is -0.161. The number of nitrogens with zero attached hydrogens (tertiary/aromatic N) is 3. The predicted molar refractivity (Wildman–Crippen MR) is 95.9 cm³/mol. The molecular formula is C13H24N8O4P+. The first kappa shape index (κ1) is 20.1. The molecule has 12 nitrogen and oxygen atoms in total. The molecule has 13 heteroatoms. The average Bonchev–Trinajstić information content (AvgIpc) is 3.17. The van der Waals surface area contributed by atoms with Gasteiger partial charge in [0.15, 0.2) is 11.2 Å². The molecule has 10 N–H and O–H groups in total. The molecule has 3 rings (SSSR count). The van der Waals surface area contributed by atoms with Crippen molar-refractivity contribution in [3.63, 3.8) is 0 Å². The molecule has 0 saturated heterocycles. The van der Waals surface area contributed by atoms with Crippen LogP contribution in [0.1, 0.15) is 12.5 Å². The van der Waals surface area contributed by atoms with Crippen LogP contribution in [-0.2, 0) is 9.30 Å². The van der Waals surface area contributed by atoms with E-state index in [0.717, 1.165) is 5.70 Å². The number of aromatic nitrogens is 4. The van der Waals surface area contributed by atoms with Crippen molar-refractivity contribution >= 4 is 24.5 Å². The van der Waals surface area contributed by atoms with Gasteiger partial charge < -0.3 is 25.2 Å². The first-order valence-electron chi connectivity index (χ1n) is 7.72. The van der Waals surface area contributed by atoms with E-state index in [0.29, 0.717) is 12.1 Å². The van der Waals surface area contributed by atoms with Crippen LogP contribution in [0.5, 0.6) is 0 Å². The zero-order valence-electron chi connectivity index (χ0n) is 14.5. The fourth-order valence-corrected chi connectivity index (χ4v) is 3.20. The molecule has 0 aliphatic heterocycles. The summed E-state index contributed by atoms with van der Waals surface area (Å²) in [7, 11) is -1.51. The zero-order valence-corrected chi connectivity index (χ0v) is 15.4. The number of anilines is 1. The van der Waals surface area contributed by atoms with Crippen molar-refractivity contribution in [3.05, 3.63) is 28.5 Å². The minimum Gasteiger partial charge on any atom is -0.389 e. The van der Waals surface area contributed by atoms with Gasteiger partial charge in [-0.15, -0.1) is 0 Å². The Labute approximate surface area is 148 Å². The van der Waals surface area contributed by atoms with Gasteiger partial charge in [-0.1, -0.05) is 0 Å². The summed E-state index contributed by atoms with van der Waals surface area (Å²) >= 11 is 0. The molecule has 3 atom stereocenters. The van der Waals surface area contributed by atoms with Gasteiger partial charge in [0.1, 0.15) is 6.35 Å². The maximum atomic E-state index is 11.9. The lowest BCUT2D eigenvalue weighted by atomic mass is 10.2. The lowest BCUT2D eigenvalue weighted by Crippen LogP contribution is -2.59. The fourth-order valence-electron chi connectivity index (χ4n) is 2.74. The number of likely N-dealkylation sites (N-methyl/N-ethyl adjacent to an activating group) is 1. The Hall–Kier alpha value is -2.24. The number of quaternary nitrogens is 1. The number of hydrogen-bond donors (Lipinski definition) is 6. The number of hydrogen-bond acceptors (Lipinski definition) is 8. The van der Waals surface area contributed by atoms with Crippen molar-refractivity contribution in [2.75, 3.05) is 25.8 Å². The van der Waals surface area contributed by atoms with Gasteiger partial charge in [0.2, 0.25) is 13.3 Å². The highest BCUT2D eigenvalue weighted by atomic mass is 31.2. The number of rotatable bonds is 5. The molecule has 3 unspecified atom stereocenters. The maximum Gasteiger partial charge on any atom is 0.280 e. The van der Waals surface area contributed by atoms with Crippen LogP contribution >= 0.6 is 7.37 Å². The summed E-state index contributed by atoms with van der Waals surface area (Å²) in [5.74, 6) is 7.02. The quantitative estimate of drug-likeness (QED) is 0.192. The molecule has 0 saturated carbocycles. The number of aromatic amines is 1. The summed E-state index contributed by atoms with van der Waals surface area (Å²) in [5.41, 5.74) is 6.61. The Bertz CT molecular complexity index is 901. The SMILES string of the molecule is CNC1=CC(n2cnc3c(=O)[nH]c(N)nc32)CC1OCP(C)(=O)O.N[NH3+]. The molecule has 0 radical (unpaired) electrons. The zero-order chi connectivity index (χ0) is 19.5. The molecule has 0 aromatic carbocycles. The van der Waals surface area contributed by atoms with Gasteiger partial charge in [-0.05, 0) is 6.08 Å².